The van der Waals surface area contributed by atoms with Crippen molar-refractivity contribution in [2.75, 3.05) is 13.1 Å². The maximum Gasteiger partial charge on any atom is 0.332 e. The minimum atomic E-state index is -1.06. The fourth-order valence-corrected chi connectivity index (χ4v) is 1.45. The molecule has 0 rings (SSSR count). The molecule has 0 unspecified atom stereocenters. The summed E-state index contributed by atoms with van der Waals surface area (Å²) >= 11 is 0. The Hall–Kier alpha value is -2.06. The Bertz CT molecular complexity index is 477. The molecule has 0 saturated heterocycles. The molecule has 0 spiro atoms. The van der Waals surface area contributed by atoms with Gasteiger partial charge in [0.25, 0.3) is 0 Å². The van der Waals surface area contributed by atoms with Crippen LogP contribution in [0.5, 0.6) is 0 Å². The predicted molar refractivity (Wildman–Crippen MR) is 86.8 cm³/mol. The maximum absolute atomic E-state index is 11.7. The summed E-state index contributed by atoms with van der Waals surface area (Å²) in [6, 6.07) is 0. The second-order valence-corrected chi connectivity index (χ2v) is 6.31. The zero-order valence-electron chi connectivity index (χ0n) is 15.0. The molecular weight excluding hydrogens is 316 g/mol. The van der Waals surface area contributed by atoms with Gasteiger partial charge in [-0.3, -0.25) is 20.2 Å². The van der Waals surface area contributed by atoms with Crippen LogP contribution in [0, 0.1) is 0 Å². The van der Waals surface area contributed by atoms with E-state index in [4.69, 9.17) is 9.47 Å². The van der Waals surface area contributed by atoms with Gasteiger partial charge in [-0.15, -0.1) is 0 Å². The summed E-state index contributed by atoms with van der Waals surface area (Å²) < 4.78 is 10.2. The minimum absolute atomic E-state index is 0.0576. The van der Waals surface area contributed by atoms with E-state index in [1.165, 1.54) is 13.8 Å². The first-order valence-corrected chi connectivity index (χ1v) is 7.46. The fraction of sp³-hybridized carbons (Fsp3) is 0.625. The highest BCUT2D eigenvalue weighted by Gasteiger charge is 2.23. The molecule has 0 radical (unpaired) electrons. The van der Waals surface area contributed by atoms with Crippen molar-refractivity contribution in [1.82, 2.24) is 10.6 Å². The van der Waals surface area contributed by atoms with E-state index in [1.54, 1.807) is 27.7 Å². The van der Waals surface area contributed by atoms with E-state index >= 15 is 0 Å². The van der Waals surface area contributed by atoms with Crippen molar-refractivity contribution < 1.29 is 28.7 Å². The van der Waals surface area contributed by atoms with Crippen molar-refractivity contribution in [3.05, 3.63) is 12.2 Å². The molecule has 0 aliphatic carbocycles. The summed E-state index contributed by atoms with van der Waals surface area (Å²) in [6.45, 7) is 9.24. The van der Waals surface area contributed by atoms with Crippen LogP contribution in [0.25, 0.3) is 0 Å². The number of ether oxygens (including phenoxy) is 2. The molecule has 2 N–H and O–H groups in total. The molecule has 0 saturated carbocycles. The van der Waals surface area contributed by atoms with E-state index in [0.29, 0.717) is 0 Å². The molecule has 24 heavy (non-hydrogen) atoms. The molecule has 8 heteroatoms. The van der Waals surface area contributed by atoms with Crippen molar-refractivity contribution in [2.45, 2.75) is 53.0 Å². The zero-order valence-corrected chi connectivity index (χ0v) is 15.0. The molecule has 136 valence electrons. The highest BCUT2D eigenvalue weighted by atomic mass is 16.6. The Labute approximate surface area is 141 Å². The lowest BCUT2D eigenvalue weighted by Gasteiger charge is -2.26. The van der Waals surface area contributed by atoms with E-state index in [1.807, 2.05) is 0 Å². The summed E-state index contributed by atoms with van der Waals surface area (Å²) in [5.41, 5.74) is -2.11. The van der Waals surface area contributed by atoms with Gasteiger partial charge in [-0.05, 0) is 41.5 Å². The number of ketones is 2. The number of carbonyl (C=O) groups is 4. The first-order valence-electron chi connectivity index (χ1n) is 7.46. The van der Waals surface area contributed by atoms with Gasteiger partial charge in [0, 0.05) is 12.2 Å². The molecule has 8 nitrogen and oxygen atoms in total. The molecule has 0 aliphatic heterocycles. The largest absolute Gasteiger partial charge is 0.441 e. The van der Waals surface area contributed by atoms with Gasteiger partial charge in [0.2, 0.25) is 0 Å². The number of nitrogens with one attached hydrogen (secondary N) is 2. The van der Waals surface area contributed by atoms with Crippen molar-refractivity contribution >= 4 is 23.5 Å². The van der Waals surface area contributed by atoms with Crippen molar-refractivity contribution in [3.8, 4) is 0 Å². The summed E-state index contributed by atoms with van der Waals surface area (Å²) in [6.07, 6.45) is 1.86. The first kappa shape index (κ1) is 21.9. The number of carbonyl (C=O) groups excluding carboxylic acids is 4. The third-order valence-electron chi connectivity index (χ3n) is 2.59. The number of hydrogen-bond acceptors (Lipinski definition) is 8. The van der Waals surface area contributed by atoms with Crippen LogP contribution < -0.4 is 10.6 Å². The highest BCUT2D eigenvalue weighted by Crippen LogP contribution is 2.07. The molecule has 0 amide bonds. The number of rotatable bonds is 10. The molecule has 0 atom stereocenters. The smallest absolute Gasteiger partial charge is 0.332 e. The van der Waals surface area contributed by atoms with Crippen molar-refractivity contribution in [2.24, 2.45) is 0 Å². The van der Waals surface area contributed by atoms with E-state index in [-0.39, 0.29) is 24.7 Å². The Morgan fingerprint density at radius 2 is 1.04 bits per heavy atom. The van der Waals surface area contributed by atoms with E-state index in [9.17, 15) is 19.2 Å². The number of Topliss-reactive ketones (excluding diaryl/α,β-unsaturated/α-hetero) is 2. The highest BCUT2D eigenvalue weighted by molar-refractivity contribution is 5.92. The Morgan fingerprint density at radius 3 is 1.29 bits per heavy atom. The topological polar surface area (TPSA) is 111 Å². The average Bonchev–Trinajstić information content (AvgIpc) is 2.40. The molecular formula is C16H26N2O6. The molecule has 0 aromatic rings. The Morgan fingerprint density at radius 1 is 0.750 bits per heavy atom. The summed E-state index contributed by atoms with van der Waals surface area (Å²) in [4.78, 5) is 45.2. The lowest BCUT2D eigenvalue weighted by molar-refractivity contribution is -0.156. The fourth-order valence-electron chi connectivity index (χ4n) is 1.45. The minimum Gasteiger partial charge on any atom is -0.441 e. The van der Waals surface area contributed by atoms with Gasteiger partial charge in [0.05, 0.1) is 13.1 Å². The lowest BCUT2D eigenvalue weighted by Crippen LogP contribution is -2.45. The van der Waals surface area contributed by atoms with E-state index < -0.39 is 23.4 Å². The van der Waals surface area contributed by atoms with Crippen LogP contribution in [0.4, 0.5) is 0 Å². The third kappa shape index (κ3) is 11.5. The number of hydrogen-bond donors (Lipinski definition) is 2. The van der Waals surface area contributed by atoms with Gasteiger partial charge in [0.15, 0.2) is 11.4 Å². The molecule has 0 aliphatic rings. The summed E-state index contributed by atoms with van der Waals surface area (Å²) in [5, 5.41) is 5.52. The summed E-state index contributed by atoms with van der Waals surface area (Å²) in [7, 11) is 0. The second kappa shape index (κ2) is 9.29. The standard InChI is InChI=1S/C16H26N2O6/c1-11(19)9-17-15(3,4)23-13(21)7-8-14(22)24-16(5,6)18-10-12(2)20/h7-8,17-18H,9-10H2,1-6H3/b8-7-. The SMILES string of the molecule is CC(=O)CNC(C)(C)OC(=O)/C=C\C(=O)OC(C)(C)NCC(C)=O. The lowest BCUT2D eigenvalue weighted by atomic mass is 10.3. The number of esters is 2. The monoisotopic (exact) mass is 342 g/mol. The van der Waals surface area contributed by atoms with Crippen LogP contribution in [0.3, 0.4) is 0 Å². The van der Waals surface area contributed by atoms with Crippen molar-refractivity contribution in [1.29, 1.82) is 0 Å². The molecule has 0 aromatic heterocycles. The maximum atomic E-state index is 11.7. The van der Waals surface area contributed by atoms with Gasteiger partial charge in [-0.25, -0.2) is 9.59 Å². The third-order valence-corrected chi connectivity index (χ3v) is 2.59. The Kier molecular flexibility index (Phi) is 8.49. The Balaban J connectivity index is 4.45. The van der Waals surface area contributed by atoms with Crippen LogP contribution >= 0.6 is 0 Å². The van der Waals surface area contributed by atoms with Crippen LogP contribution in [0.15, 0.2) is 12.2 Å². The van der Waals surface area contributed by atoms with Gasteiger partial charge >= 0.3 is 11.9 Å². The van der Waals surface area contributed by atoms with Crippen LogP contribution in [0.2, 0.25) is 0 Å². The van der Waals surface area contributed by atoms with Crippen molar-refractivity contribution in [3.63, 3.8) is 0 Å². The molecule has 0 aromatic carbocycles. The van der Waals surface area contributed by atoms with E-state index in [0.717, 1.165) is 12.2 Å². The predicted octanol–water partition coefficient (Wildman–Crippen LogP) is 0.458. The normalized spacial score (nSPS) is 12.1. The first-order chi connectivity index (χ1) is 10.8. The molecule has 0 heterocycles. The average molecular weight is 342 g/mol. The van der Waals surface area contributed by atoms with Gasteiger partial charge in [-0.1, -0.05) is 0 Å². The molecule has 0 fully saturated rings. The zero-order chi connectivity index (χ0) is 19.0. The van der Waals surface area contributed by atoms with Gasteiger partial charge in [0.1, 0.15) is 11.6 Å². The van der Waals surface area contributed by atoms with Crippen LogP contribution in [-0.2, 0) is 28.7 Å². The van der Waals surface area contributed by atoms with E-state index in [2.05, 4.69) is 10.6 Å². The van der Waals surface area contributed by atoms with Crippen LogP contribution in [0.1, 0.15) is 41.5 Å². The van der Waals surface area contributed by atoms with Gasteiger partial charge < -0.3 is 9.47 Å². The van der Waals surface area contributed by atoms with Crippen LogP contribution in [-0.4, -0.2) is 48.0 Å². The molecule has 0 bridgehead atoms. The quantitative estimate of drug-likeness (QED) is 0.335. The second-order valence-electron chi connectivity index (χ2n) is 6.31. The van der Waals surface area contributed by atoms with Gasteiger partial charge in [-0.2, -0.15) is 0 Å². The summed E-state index contributed by atoms with van der Waals surface area (Å²) in [5.74, 6) is -1.72.